The second kappa shape index (κ2) is 23.7. The molecule has 11 atom stereocenters. The second-order valence-electron chi connectivity index (χ2n) is 21.1. The van der Waals surface area contributed by atoms with Gasteiger partial charge in [-0.1, -0.05) is 162 Å². The van der Waals surface area contributed by atoms with Crippen LogP contribution in [0.3, 0.4) is 0 Å². The van der Waals surface area contributed by atoms with Crippen molar-refractivity contribution in [1.82, 2.24) is 4.98 Å². The van der Waals surface area contributed by atoms with Crippen molar-refractivity contribution in [1.29, 1.82) is 0 Å². The number of fused-ring (bicyclic) bond motifs is 8. The Bertz CT molecular complexity index is 2060. The van der Waals surface area contributed by atoms with Crippen molar-refractivity contribution >= 4 is 52.9 Å². The number of hydrogen-bond acceptors (Lipinski definition) is 6. The first kappa shape index (κ1) is 53.5. The summed E-state index contributed by atoms with van der Waals surface area (Å²) in [7, 11) is 1.34. The van der Waals surface area contributed by atoms with Crippen LogP contribution >= 0.6 is 0 Å². The van der Waals surface area contributed by atoms with Gasteiger partial charge in [0.25, 0.3) is 0 Å². The Labute approximate surface area is 413 Å². The molecule has 66 heavy (non-hydrogen) atoms. The van der Waals surface area contributed by atoms with E-state index in [0.717, 1.165) is 59.7 Å². The van der Waals surface area contributed by atoms with Gasteiger partial charge < -0.3 is 35.5 Å². The van der Waals surface area contributed by atoms with Gasteiger partial charge in [-0.05, 0) is 85.5 Å². The molecule has 1 aromatic rings. The molecule has 0 spiro atoms. The van der Waals surface area contributed by atoms with Crippen molar-refractivity contribution in [3.8, 4) is 0 Å². The average Bonchev–Trinajstić information content (AvgIpc) is 4.00. The number of rotatable bonds is 21. The number of esters is 2. The molecule has 6 rings (SSSR count). The van der Waals surface area contributed by atoms with E-state index in [-0.39, 0.29) is 82.6 Å². The first-order chi connectivity index (χ1) is 30.9. The molecule has 3 fully saturated rings. The fraction of sp³-hybridized carbons (Fsp3) is 0.691. The molecule has 10 nitrogen and oxygen atoms in total. The van der Waals surface area contributed by atoms with Crippen LogP contribution in [0.25, 0.3) is 28.1 Å². The summed E-state index contributed by atoms with van der Waals surface area (Å²) in [6.45, 7) is 24.0. The molecule has 8 bridgehead atoms. The number of Topliss-reactive ketones (excluding diaryl/α,β-unsaturated/α-hetero) is 1. The van der Waals surface area contributed by atoms with E-state index in [1.807, 2.05) is 26.0 Å². The molecule has 0 amide bonds. The molecule has 3 saturated heterocycles. The van der Waals surface area contributed by atoms with Crippen LogP contribution in [-0.4, -0.2) is 71.7 Å². The first-order valence-corrected chi connectivity index (χ1v) is 25.3. The predicted molar refractivity (Wildman–Crippen MR) is 268 cm³/mol. The number of aliphatic hydroxyl groups excluding tert-OH is 1. The van der Waals surface area contributed by atoms with Crippen LogP contribution in [0.1, 0.15) is 180 Å². The Balaban J connectivity index is 0.00000817. The minimum Gasteiger partial charge on any atom is -0.681 e. The molecule has 5 heterocycles. The van der Waals surface area contributed by atoms with Gasteiger partial charge in [-0.2, -0.15) is 17.1 Å². The number of allylic oxidation sites excluding steroid dienone is 4. The SMILES string of the molecule is CC[C@H]1/C2=C/[C@@H]3[N-]C4=C([C@@H](C(=O)OC)C(O)=C4C3C)[C@H]3[N-]/C(=C\c4[n-]c(c(C(C)=O)c4C)/C=C(\[N-]2)[C@@H]1C)[C@@H](C)[C@@H]3CCC(=O)OCCC(C)CCC[C@@H](C)CCC[C@@H](C)CCCC(C)C.[Mg+2]. The van der Waals surface area contributed by atoms with E-state index in [0.29, 0.717) is 52.7 Å². The number of hydrogen-bond donors (Lipinski definition) is 1. The quantitative estimate of drug-likeness (QED) is 0.0734. The molecule has 0 radical (unpaired) electrons. The van der Waals surface area contributed by atoms with Crippen LogP contribution in [0.2, 0.25) is 0 Å². The normalized spacial score (nSPS) is 29.1. The summed E-state index contributed by atoms with van der Waals surface area (Å²) in [5.74, 6) is 0.500. The molecule has 0 saturated carbocycles. The number of carbonyl (C=O) groups excluding carboxylic acids is 3. The van der Waals surface area contributed by atoms with Gasteiger partial charge in [0.15, 0.2) is 5.78 Å². The number of ketones is 1. The fourth-order valence-corrected chi connectivity index (χ4v) is 11.4. The number of ether oxygens (including phenoxy) is 2. The Morgan fingerprint density at radius 2 is 1.39 bits per heavy atom. The summed E-state index contributed by atoms with van der Waals surface area (Å²) < 4.78 is 11.2. The average molecular weight is 918 g/mol. The molecule has 0 aromatic carbocycles. The largest absolute Gasteiger partial charge is 2.00 e. The minimum atomic E-state index is -1.06. The van der Waals surface area contributed by atoms with E-state index in [4.69, 9.17) is 30.4 Å². The standard InChI is InChI=1S/C55H81N4O6.Mg/c1-13-39-34(7)41-29-46-48(38(11)60)36(9)43(57-46)27-42-35(8)40(52(58-42)50-51(55(63)64-12)54(62)49-37(10)44(59-53(49)50)28-45(39)56-41)23-24-47(61)65-26-25-33(6)22-16-21-32(5)20-15-19-31(4)18-14-17-30(2)3;/h27-35,37,39-40,44,51-52H,13-26H2,1-12H3,(H2-,56,57,60,62);/q-3;+2/p-1/b42-27-,45-28-;/t31-,32-,33?,34+,35-,37?,39+,40-,44-,51+,52-;/m0./s1. The third-order valence-corrected chi connectivity index (χ3v) is 15.7. The second-order valence-corrected chi connectivity index (χ2v) is 21.1. The van der Waals surface area contributed by atoms with Crippen LogP contribution < -0.4 is 4.98 Å². The van der Waals surface area contributed by atoms with Gasteiger partial charge in [-0.15, -0.1) is 23.2 Å². The van der Waals surface area contributed by atoms with E-state index in [1.165, 1.54) is 58.5 Å². The molecular weight excluding hydrogens is 837 g/mol. The van der Waals surface area contributed by atoms with Crippen molar-refractivity contribution < 1.29 is 29.0 Å². The van der Waals surface area contributed by atoms with Gasteiger partial charge in [0, 0.05) is 12.0 Å². The number of nitrogens with zero attached hydrogens (tertiary/aromatic N) is 4. The van der Waals surface area contributed by atoms with Crippen LogP contribution in [-0.2, 0) is 19.1 Å². The molecule has 1 N–H and O–H groups in total. The van der Waals surface area contributed by atoms with Crippen LogP contribution in [0.4, 0.5) is 0 Å². The topological polar surface area (TPSA) is 146 Å². The van der Waals surface area contributed by atoms with Gasteiger partial charge in [0.05, 0.1) is 13.7 Å². The summed E-state index contributed by atoms with van der Waals surface area (Å²) in [6.07, 6.45) is 20.0. The summed E-state index contributed by atoms with van der Waals surface area (Å²) >= 11 is 0. The van der Waals surface area contributed by atoms with Gasteiger partial charge in [0.2, 0.25) is 0 Å². The number of aromatic nitrogens is 1. The zero-order valence-corrected chi connectivity index (χ0v) is 44.0. The Kier molecular flexibility index (Phi) is 19.2. The molecule has 1 aliphatic carbocycles. The third-order valence-electron chi connectivity index (χ3n) is 15.7. The monoisotopic (exact) mass is 917 g/mol. The van der Waals surface area contributed by atoms with Crippen molar-refractivity contribution in [2.45, 2.75) is 172 Å². The van der Waals surface area contributed by atoms with Gasteiger partial charge in [-0.3, -0.25) is 14.4 Å². The zero-order valence-electron chi connectivity index (χ0n) is 42.5. The maximum Gasteiger partial charge on any atom is 2.00 e. The summed E-state index contributed by atoms with van der Waals surface area (Å²) in [6, 6.07) is -0.899. The predicted octanol–water partition coefficient (Wildman–Crippen LogP) is 13.5. The zero-order chi connectivity index (χ0) is 47.3. The van der Waals surface area contributed by atoms with Crippen LogP contribution in [0, 0.1) is 66.1 Å². The van der Waals surface area contributed by atoms with E-state index < -0.39 is 17.9 Å². The Hall–Kier alpha value is -3.44. The van der Waals surface area contributed by atoms with Crippen LogP contribution in [0.5, 0.6) is 0 Å². The molecular formula is C55H80MgN4O6-2. The first-order valence-electron chi connectivity index (χ1n) is 25.3. The van der Waals surface area contributed by atoms with E-state index in [9.17, 15) is 19.5 Å². The van der Waals surface area contributed by atoms with E-state index in [2.05, 4.69) is 61.5 Å². The summed E-state index contributed by atoms with van der Waals surface area (Å²) in [4.78, 5) is 45.4. The molecule has 4 aliphatic heterocycles. The summed E-state index contributed by atoms with van der Waals surface area (Å²) in [5, 5.41) is 27.7. The van der Waals surface area contributed by atoms with Crippen molar-refractivity contribution in [3.63, 3.8) is 0 Å². The smallest absolute Gasteiger partial charge is 0.681 e. The summed E-state index contributed by atoms with van der Waals surface area (Å²) in [5.41, 5.74) is 7.04. The number of aliphatic hydroxyl groups is 1. The van der Waals surface area contributed by atoms with Gasteiger partial charge in [0.1, 0.15) is 11.7 Å². The van der Waals surface area contributed by atoms with Crippen molar-refractivity contribution in [2.75, 3.05) is 13.7 Å². The molecule has 5 aliphatic rings. The number of methoxy groups -OCH3 is 1. The van der Waals surface area contributed by atoms with Crippen molar-refractivity contribution in [3.05, 3.63) is 84.2 Å². The van der Waals surface area contributed by atoms with Crippen molar-refractivity contribution in [2.24, 2.45) is 59.2 Å². The number of carbonyl (C=O) groups is 3. The third kappa shape index (κ3) is 12.0. The maximum atomic E-state index is 13.7. The molecule has 2 unspecified atom stereocenters. The Morgan fingerprint density at radius 1 is 0.788 bits per heavy atom. The molecule has 11 heteroatoms. The van der Waals surface area contributed by atoms with Crippen LogP contribution in [0.15, 0.2) is 45.8 Å². The van der Waals surface area contributed by atoms with Gasteiger partial charge in [-0.25, -0.2) is 0 Å². The fourth-order valence-electron chi connectivity index (χ4n) is 11.4. The van der Waals surface area contributed by atoms with E-state index >= 15 is 0 Å². The van der Waals surface area contributed by atoms with E-state index in [1.54, 1.807) is 6.92 Å². The molecule has 1 aromatic heterocycles. The molecule has 360 valence electrons. The Morgan fingerprint density at radius 3 is 1.98 bits per heavy atom. The van der Waals surface area contributed by atoms with Gasteiger partial charge >= 0.3 is 35.0 Å². The maximum absolute atomic E-state index is 13.7. The minimum absolute atomic E-state index is 0.